The standard InChI is InChI=1S/C7H14F2N2O2S/c1-11(14(12,13)7(8)9)6-2-4-10-5-3-6/h6-7,10H,2-5H2,1H3. The van der Waals surface area contributed by atoms with Crippen LogP contribution < -0.4 is 5.32 Å². The molecule has 1 aliphatic heterocycles. The van der Waals surface area contributed by atoms with Gasteiger partial charge in [-0.05, 0) is 25.9 Å². The van der Waals surface area contributed by atoms with Crippen molar-refractivity contribution in [1.29, 1.82) is 0 Å². The van der Waals surface area contributed by atoms with Gasteiger partial charge in [-0.25, -0.2) is 8.42 Å². The zero-order valence-corrected chi connectivity index (χ0v) is 8.73. The lowest BCUT2D eigenvalue weighted by Gasteiger charge is -2.30. The highest BCUT2D eigenvalue weighted by atomic mass is 32.2. The molecule has 1 aliphatic rings. The van der Waals surface area contributed by atoms with Crippen molar-refractivity contribution in [3.05, 3.63) is 0 Å². The van der Waals surface area contributed by atoms with Crippen LogP contribution in [0.4, 0.5) is 8.78 Å². The molecule has 0 unspecified atom stereocenters. The second-order valence-corrected chi connectivity index (χ2v) is 5.27. The molecule has 1 heterocycles. The lowest BCUT2D eigenvalue weighted by Crippen LogP contribution is -2.45. The summed E-state index contributed by atoms with van der Waals surface area (Å²) in [4.78, 5) is 0. The van der Waals surface area contributed by atoms with Gasteiger partial charge in [0.15, 0.2) is 0 Å². The van der Waals surface area contributed by atoms with E-state index in [1.54, 1.807) is 0 Å². The first-order valence-corrected chi connectivity index (χ1v) is 5.92. The molecule has 0 radical (unpaired) electrons. The SMILES string of the molecule is CN(C1CCNCC1)S(=O)(=O)C(F)F. The molecule has 84 valence electrons. The monoisotopic (exact) mass is 228 g/mol. The number of rotatable bonds is 3. The van der Waals surface area contributed by atoms with Crippen molar-refractivity contribution in [3.8, 4) is 0 Å². The van der Waals surface area contributed by atoms with Crippen molar-refractivity contribution >= 4 is 10.0 Å². The highest BCUT2D eigenvalue weighted by Gasteiger charge is 2.34. The smallest absolute Gasteiger partial charge is 0.317 e. The number of nitrogens with zero attached hydrogens (tertiary/aromatic N) is 1. The van der Waals surface area contributed by atoms with Crippen LogP contribution in [0.2, 0.25) is 0 Å². The van der Waals surface area contributed by atoms with Gasteiger partial charge < -0.3 is 5.32 Å². The van der Waals surface area contributed by atoms with Crippen LogP contribution in [0.5, 0.6) is 0 Å². The van der Waals surface area contributed by atoms with E-state index >= 15 is 0 Å². The third-order valence-corrected chi connectivity index (χ3v) is 4.00. The fourth-order valence-electron chi connectivity index (χ4n) is 1.50. The van der Waals surface area contributed by atoms with Crippen molar-refractivity contribution in [2.24, 2.45) is 0 Å². The van der Waals surface area contributed by atoms with Crippen LogP contribution in [-0.4, -0.2) is 44.7 Å². The Hall–Kier alpha value is -0.270. The molecule has 0 atom stereocenters. The Kier molecular flexibility index (Phi) is 3.79. The largest absolute Gasteiger partial charge is 0.350 e. The number of sulfonamides is 1. The molecule has 1 N–H and O–H groups in total. The van der Waals surface area contributed by atoms with E-state index in [2.05, 4.69) is 5.32 Å². The predicted molar refractivity (Wildman–Crippen MR) is 48.6 cm³/mol. The Bertz CT molecular complexity index is 275. The third-order valence-electron chi connectivity index (χ3n) is 2.45. The van der Waals surface area contributed by atoms with Crippen LogP contribution >= 0.6 is 0 Å². The van der Waals surface area contributed by atoms with Gasteiger partial charge in [-0.15, -0.1) is 0 Å². The second kappa shape index (κ2) is 4.50. The van der Waals surface area contributed by atoms with E-state index in [1.807, 2.05) is 0 Å². The van der Waals surface area contributed by atoms with Crippen LogP contribution in [0.3, 0.4) is 0 Å². The quantitative estimate of drug-likeness (QED) is 0.752. The molecule has 1 saturated heterocycles. The summed E-state index contributed by atoms with van der Waals surface area (Å²) in [7, 11) is -3.18. The minimum Gasteiger partial charge on any atom is -0.317 e. The first kappa shape index (κ1) is 11.8. The van der Waals surface area contributed by atoms with Crippen LogP contribution in [0.1, 0.15) is 12.8 Å². The van der Waals surface area contributed by atoms with Crippen molar-refractivity contribution in [3.63, 3.8) is 0 Å². The molecule has 0 saturated carbocycles. The molecule has 1 fully saturated rings. The van der Waals surface area contributed by atoms with Gasteiger partial charge in [-0.1, -0.05) is 0 Å². The summed E-state index contributed by atoms with van der Waals surface area (Å²) >= 11 is 0. The minimum atomic E-state index is -4.40. The number of halogens is 2. The lowest BCUT2D eigenvalue weighted by molar-refractivity contribution is 0.208. The molecule has 0 bridgehead atoms. The Morgan fingerprint density at radius 1 is 1.36 bits per heavy atom. The van der Waals surface area contributed by atoms with E-state index in [4.69, 9.17) is 0 Å². The summed E-state index contributed by atoms with van der Waals surface area (Å²) in [6, 6.07) is -0.296. The highest BCUT2D eigenvalue weighted by molar-refractivity contribution is 7.89. The summed E-state index contributed by atoms with van der Waals surface area (Å²) in [5, 5.41) is 3.04. The number of hydrogen-bond acceptors (Lipinski definition) is 3. The van der Waals surface area contributed by atoms with Crippen LogP contribution in [0.25, 0.3) is 0 Å². The summed E-state index contributed by atoms with van der Waals surface area (Å²) in [5.41, 5.74) is 0. The van der Waals surface area contributed by atoms with Gasteiger partial charge in [0, 0.05) is 13.1 Å². The van der Waals surface area contributed by atoms with Gasteiger partial charge >= 0.3 is 5.76 Å². The normalized spacial score (nSPS) is 20.6. The van der Waals surface area contributed by atoms with Crippen molar-refractivity contribution in [1.82, 2.24) is 9.62 Å². The van der Waals surface area contributed by atoms with Gasteiger partial charge in [0.05, 0.1) is 0 Å². The van der Waals surface area contributed by atoms with Crippen molar-refractivity contribution < 1.29 is 17.2 Å². The van der Waals surface area contributed by atoms with Crippen LogP contribution in [0, 0.1) is 0 Å². The number of nitrogens with one attached hydrogen (secondary N) is 1. The summed E-state index contributed by atoms with van der Waals surface area (Å²) in [6.45, 7) is 1.35. The maximum absolute atomic E-state index is 12.2. The first-order chi connectivity index (χ1) is 6.46. The number of alkyl halides is 2. The fourth-order valence-corrected chi connectivity index (χ4v) is 2.38. The van der Waals surface area contributed by atoms with E-state index in [9.17, 15) is 17.2 Å². The van der Waals surface area contributed by atoms with Crippen LogP contribution in [-0.2, 0) is 10.0 Å². The minimum absolute atomic E-state index is 0.296. The zero-order chi connectivity index (χ0) is 10.8. The average molecular weight is 228 g/mol. The Morgan fingerprint density at radius 3 is 2.29 bits per heavy atom. The molecular formula is C7H14F2N2O2S. The van der Waals surface area contributed by atoms with E-state index < -0.39 is 15.8 Å². The molecule has 14 heavy (non-hydrogen) atoms. The molecule has 0 aromatic carbocycles. The van der Waals surface area contributed by atoms with E-state index in [0.29, 0.717) is 25.9 Å². The van der Waals surface area contributed by atoms with Crippen LogP contribution in [0.15, 0.2) is 0 Å². The molecule has 1 rings (SSSR count). The lowest BCUT2D eigenvalue weighted by atomic mass is 10.1. The van der Waals surface area contributed by atoms with Gasteiger partial charge in [0.1, 0.15) is 0 Å². The topological polar surface area (TPSA) is 49.4 Å². The molecule has 7 heteroatoms. The average Bonchev–Trinajstić information content (AvgIpc) is 2.17. The van der Waals surface area contributed by atoms with Gasteiger partial charge in [-0.3, -0.25) is 0 Å². The maximum atomic E-state index is 12.2. The van der Waals surface area contributed by atoms with E-state index in [0.717, 1.165) is 4.31 Å². The first-order valence-electron chi connectivity index (χ1n) is 4.42. The molecule has 0 aliphatic carbocycles. The van der Waals surface area contributed by atoms with E-state index in [1.165, 1.54) is 7.05 Å². The third kappa shape index (κ3) is 2.40. The molecule has 0 aromatic heterocycles. The van der Waals surface area contributed by atoms with E-state index in [-0.39, 0.29) is 6.04 Å². The van der Waals surface area contributed by atoms with Gasteiger partial charge in [0.25, 0.3) is 10.0 Å². The number of hydrogen-bond donors (Lipinski definition) is 1. The Morgan fingerprint density at radius 2 is 1.86 bits per heavy atom. The van der Waals surface area contributed by atoms with Gasteiger partial charge in [-0.2, -0.15) is 13.1 Å². The van der Waals surface area contributed by atoms with Crippen molar-refractivity contribution in [2.75, 3.05) is 20.1 Å². The van der Waals surface area contributed by atoms with Gasteiger partial charge in [0.2, 0.25) is 0 Å². The highest BCUT2D eigenvalue weighted by Crippen LogP contribution is 2.18. The number of piperidine rings is 1. The summed E-state index contributed by atoms with van der Waals surface area (Å²) in [5.74, 6) is -3.32. The van der Waals surface area contributed by atoms with Crippen molar-refractivity contribution in [2.45, 2.75) is 24.6 Å². The predicted octanol–water partition coefficient (Wildman–Crippen LogP) is 0.223. The Balaban J connectivity index is 2.68. The summed E-state index contributed by atoms with van der Waals surface area (Å²) < 4.78 is 47.3. The maximum Gasteiger partial charge on any atom is 0.350 e. The molecule has 4 nitrogen and oxygen atoms in total. The Labute approximate surface area is 82.3 Å². The molecule has 0 aromatic rings. The molecular weight excluding hydrogens is 214 g/mol. The molecule has 0 amide bonds. The second-order valence-electron chi connectivity index (χ2n) is 3.30. The molecule has 0 spiro atoms. The summed E-state index contributed by atoms with van der Waals surface area (Å²) in [6.07, 6.45) is 1.17. The zero-order valence-electron chi connectivity index (χ0n) is 7.91. The fraction of sp³-hybridized carbons (Fsp3) is 1.00.